The Kier molecular flexibility index (Phi) is 4.63. The SMILES string of the molecule is C=C1C(=O)OC2CC(C)=C(CCCCOC(C)=O)CC12. The number of allylic oxidation sites excluding steroid dienone is 1. The van der Waals surface area contributed by atoms with Crippen molar-refractivity contribution in [1.29, 1.82) is 0 Å². The Morgan fingerprint density at radius 2 is 2.15 bits per heavy atom. The van der Waals surface area contributed by atoms with Gasteiger partial charge in [-0.1, -0.05) is 17.7 Å². The first-order valence-corrected chi connectivity index (χ1v) is 7.19. The lowest BCUT2D eigenvalue weighted by Crippen LogP contribution is -2.22. The lowest BCUT2D eigenvalue weighted by molar-refractivity contribution is -0.141. The maximum absolute atomic E-state index is 11.5. The maximum Gasteiger partial charge on any atom is 0.334 e. The van der Waals surface area contributed by atoms with E-state index in [2.05, 4.69) is 13.5 Å². The quantitative estimate of drug-likeness (QED) is 0.336. The van der Waals surface area contributed by atoms with Crippen molar-refractivity contribution >= 4 is 11.9 Å². The molecule has 1 fully saturated rings. The van der Waals surface area contributed by atoms with E-state index in [9.17, 15) is 9.59 Å². The minimum Gasteiger partial charge on any atom is -0.466 e. The summed E-state index contributed by atoms with van der Waals surface area (Å²) in [5.41, 5.74) is 3.37. The zero-order valence-electron chi connectivity index (χ0n) is 12.2. The summed E-state index contributed by atoms with van der Waals surface area (Å²) in [5, 5.41) is 0. The third-order valence-corrected chi connectivity index (χ3v) is 4.17. The van der Waals surface area contributed by atoms with Crippen LogP contribution in [0.15, 0.2) is 23.3 Å². The number of unbranched alkanes of at least 4 members (excludes halogenated alkanes) is 1. The van der Waals surface area contributed by atoms with Gasteiger partial charge in [-0.15, -0.1) is 0 Å². The van der Waals surface area contributed by atoms with E-state index in [0.717, 1.165) is 32.1 Å². The van der Waals surface area contributed by atoms with Crippen molar-refractivity contribution in [1.82, 2.24) is 0 Å². The van der Waals surface area contributed by atoms with Crippen LogP contribution in [-0.4, -0.2) is 24.6 Å². The molecule has 4 nitrogen and oxygen atoms in total. The van der Waals surface area contributed by atoms with Crippen LogP contribution in [0.4, 0.5) is 0 Å². The molecule has 110 valence electrons. The molecule has 20 heavy (non-hydrogen) atoms. The molecule has 0 aromatic rings. The van der Waals surface area contributed by atoms with E-state index in [1.54, 1.807) is 0 Å². The van der Waals surface area contributed by atoms with Crippen LogP contribution < -0.4 is 0 Å². The average molecular weight is 278 g/mol. The van der Waals surface area contributed by atoms with Crippen molar-refractivity contribution in [3.63, 3.8) is 0 Å². The molecule has 1 heterocycles. The molecule has 2 rings (SSSR count). The fourth-order valence-electron chi connectivity index (χ4n) is 2.97. The molecule has 0 bridgehead atoms. The molecule has 0 aromatic carbocycles. The molecule has 2 aliphatic rings. The van der Waals surface area contributed by atoms with Crippen molar-refractivity contribution < 1.29 is 19.1 Å². The van der Waals surface area contributed by atoms with Gasteiger partial charge in [-0.25, -0.2) is 4.79 Å². The zero-order chi connectivity index (χ0) is 14.7. The van der Waals surface area contributed by atoms with Crippen LogP contribution in [0.3, 0.4) is 0 Å². The Morgan fingerprint density at radius 3 is 2.85 bits per heavy atom. The van der Waals surface area contributed by atoms with Gasteiger partial charge in [0.15, 0.2) is 0 Å². The summed E-state index contributed by atoms with van der Waals surface area (Å²) in [6.45, 7) is 7.89. The standard InChI is InChI=1S/C16H22O4/c1-10-8-15-14(11(2)16(18)20-15)9-13(10)6-4-5-7-19-12(3)17/h14-15H,2,4-9H2,1,3H3. The molecule has 0 amide bonds. The van der Waals surface area contributed by atoms with Crippen molar-refractivity contribution in [2.45, 2.75) is 52.1 Å². The first-order chi connectivity index (χ1) is 9.49. The second-order valence-electron chi connectivity index (χ2n) is 5.66. The van der Waals surface area contributed by atoms with Gasteiger partial charge in [0.05, 0.1) is 6.61 Å². The molecule has 0 radical (unpaired) electrons. The molecule has 1 aliphatic carbocycles. The van der Waals surface area contributed by atoms with Crippen LogP contribution in [0, 0.1) is 5.92 Å². The number of rotatable bonds is 5. The zero-order valence-corrected chi connectivity index (χ0v) is 12.2. The monoisotopic (exact) mass is 278 g/mol. The Hall–Kier alpha value is -1.58. The molecule has 2 atom stereocenters. The number of esters is 2. The van der Waals surface area contributed by atoms with Gasteiger partial charge in [0.25, 0.3) is 0 Å². The minimum atomic E-state index is -0.232. The molecule has 2 unspecified atom stereocenters. The van der Waals surface area contributed by atoms with E-state index in [-0.39, 0.29) is 24.0 Å². The van der Waals surface area contributed by atoms with Gasteiger partial charge < -0.3 is 9.47 Å². The summed E-state index contributed by atoms with van der Waals surface area (Å²) >= 11 is 0. The van der Waals surface area contributed by atoms with E-state index < -0.39 is 0 Å². The molecule has 1 aliphatic heterocycles. The van der Waals surface area contributed by atoms with E-state index >= 15 is 0 Å². The van der Waals surface area contributed by atoms with E-state index in [1.807, 2.05) is 0 Å². The average Bonchev–Trinajstić information content (AvgIpc) is 2.64. The van der Waals surface area contributed by atoms with Crippen LogP contribution in [0.2, 0.25) is 0 Å². The van der Waals surface area contributed by atoms with Gasteiger partial charge in [-0.3, -0.25) is 4.79 Å². The van der Waals surface area contributed by atoms with Crippen LogP contribution >= 0.6 is 0 Å². The molecule has 0 saturated carbocycles. The summed E-state index contributed by atoms with van der Waals surface area (Å²) < 4.78 is 10.3. The highest BCUT2D eigenvalue weighted by molar-refractivity contribution is 5.91. The second kappa shape index (κ2) is 6.25. The summed E-state index contributed by atoms with van der Waals surface area (Å²) in [6, 6.07) is 0. The van der Waals surface area contributed by atoms with Crippen molar-refractivity contribution in [3.8, 4) is 0 Å². The highest BCUT2D eigenvalue weighted by Gasteiger charge is 2.41. The van der Waals surface area contributed by atoms with Crippen LogP contribution in [-0.2, 0) is 19.1 Å². The van der Waals surface area contributed by atoms with Crippen molar-refractivity contribution in [2.75, 3.05) is 6.61 Å². The molecule has 0 aromatic heterocycles. The first kappa shape index (κ1) is 14.8. The Labute approximate surface area is 119 Å². The number of carbonyl (C=O) groups excluding carboxylic acids is 2. The largest absolute Gasteiger partial charge is 0.466 e. The van der Waals surface area contributed by atoms with E-state index in [0.29, 0.717) is 12.2 Å². The summed E-state index contributed by atoms with van der Waals surface area (Å²) in [6.07, 6.45) is 4.58. The normalized spacial score (nSPS) is 25.5. The van der Waals surface area contributed by atoms with Gasteiger partial charge in [0.2, 0.25) is 0 Å². The predicted molar refractivity (Wildman–Crippen MR) is 74.9 cm³/mol. The smallest absolute Gasteiger partial charge is 0.334 e. The summed E-state index contributed by atoms with van der Waals surface area (Å²) in [4.78, 5) is 22.2. The maximum atomic E-state index is 11.5. The number of ether oxygens (including phenoxy) is 2. The van der Waals surface area contributed by atoms with Crippen LogP contribution in [0.1, 0.15) is 46.0 Å². The molecule has 1 saturated heterocycles. The first-order valence-electron chi connectivity index (χ1n) is 7.19. The molecular weight excluding hydrogens is 256 g/mol. The van der Waals surface area contributed by atoms with E-state index in [1.165, 1.54) is 18.1 Å². The summed E-state index contributed by atoms with van der Waals surface area (Å²) in [5.74, 6) is -0.294. The van der Waals surface area contributed by atoms with Crippen LogP contribution in [0.5, 0.6) is 0 Å². The molecule has 0 N–H and O–H groups in total. The highest BCUT2D eigenvalue weighted by Crippen LogP contribution is 2.41. The lowest BCUT2D eigenvalue weighted by Gasteiger charge is -2.27. The van der Waals surface area contributed by atoms with Gasteiger partial charge in [0.1, 0.15) is 6.10 Å². The topological polar surface area (TPSA) is 52.6 Å². The molecular formula is C16H22O4. The summed E-state index contributed by atoms with van der Waals surface area (Å²) in [7, 11) is 0. The van der Waals surface area contributed by atoms with E-state index in [4.69, 9.17) is 9.47 Å². The van der Waals surface area contributed by atoms with Crippen LogP contribution in [0.25, 0.3) is 0 Å². The fraction of sp³-hybridized carbons (Fsp3) is 0.625. The van der Waals surface area contributed by atoms with Gasteiger partial charge in [-0.05, 0) is 32.6 Å². The Morgan fingerprint density at radius 1 is 1.40 bits per heavy atom. The van der Waals surface area contributed by atoms with Gasteiger partial charge in [0, 0.05) is 24.8 Å². The van der Waals surface area contributed by atoms with Gasteiger partial charge >= 0.3 is 11.9 Å². The Bertz CT molecular complexity index is 461. The van der Waals surface area contributed by atoms with Crippen molar-refractivity contribution in [3.05, 3.63) is 23.3 Å². The number of fused-ring (bicyclic) bond motifs is 1. The fourth-order valence-corrected chi connectivity index (χ4v) is 2.97. The second-order valence-corrected chi connectivity index (χ2v) is 5.66. The molecule has 4 heteroatoms. The predicted octanol–water partition coefficient (Wildman–Crippen LogP) is 2.93. The number of hydrogen-bond acceptors (Lipinski definition) is 4. The molecule has 0 spiro atoms. The van der Waals surface area contributed by atoms with Gasteiger partial charge in [-0.2, -0.15) is 0 Å². The number of carbonyl (C=O) groups is 2. The lowest BCUT2D eigenvalue weighted by atomic mass is 9.79. The third kappa shape index (κ3) is 3.30. The Balaban J connectivity index is 1.83. The minimum absolute atomic E-state index is 0.000189. The highest BCUT2D eigenvalue weighted by atomic mass is 16.6. The number of hydrogen-bond donors (Lipinski definition) is 0. The third-order valence-electron chi connectivity index (χ3n) is 4.17. The van der Waals surface area contributed by atoms with Crippen molar-refractivity contribution in [2.24, 2.45) is 5.92 Å².